The number of benzene rings is 4. The quantitative estimate of drug-likeness (QED) is 0.0679. The molecule has 0 amide bonds. The van der Waals surface area contributed by atoms with Crippen molar-refractivity contribution < 1.29 is 48.8 Å². The van der Waals surface area contributed by atoms with E-state index in [2.05, 4.69) is 31.1 Å². The first-order valence-corrected chi connectivity index (χ1v) is 17.5. The summed E-state index contributed by atoms with van der Waals surface area (Å²) in [5, 5.41) is 24.9. The number of halogens is 2. The number of phenolic OH excluding ortho intramolecular Hbond substituents is 1. The number of nitrogens with zero attached hydrogens (tertiary/aromatic N) is 5. The summed E-state index contributed by atoms with van der Waals surface area (Å²) in [5.41, 5.74) is 1.50. The lowest BCUT2D eigenvalue weighted by atomic mass is 10.1. The van der Waals surface area contributed by atoms with E-state index < -0.39 is 62.2 Å². The highest BCUT2D eigenvalue weighted by Gasteiger charge is 2.27. The van der Waals surface area contributed by atoms with Gasteiger partial charge in [-0.05, 0) is 47.9 Å². The molecule has 5 rings (SSSR count). The van der Waals surface area contributed by atoms with Gasteiger partial charge in [-0.15, -0.1) is 15.7 Å². The molecule has 0 aliphatic heterocycles. The van der Waals surface area contributed by atoms with Crippen LogP contribution in [0.5, 0.6) is 5.75 Å². The Kier molecular flexibility index (Phi) is 9.05. The molecular weight excluding hydrogens is 725 g/mol. The Morgan fingerprint density at radius 3 is 2.09 bits per heavy atom. The molecule has 244 valence electrons. The lowest BCUT2D eigenvalue weighted by Gasteiger charge is -2.14. The Balaban J connectivity index is 1.73. The molecule has 0 atom stereocenters. The fourth-order valence-corrected chi connectivity index (χ4v) is 6.33. The number of fused-ring (bicyclic) bond motifs is 1. The zero-order valence-electron chi connectivity index (χ0n) is 22.9. The SMILES string of the molecule is O=S(=O)(O)c1cc(Nc2nc(Cl)c[n+](Nc3ccccc3Cl)n2)c2c(O)c(N=Nc3ccccc3S(=O)(=O)O)c(S(=O)(=O)O)cc2c1. The first kappa shape index (κ1) is 33.8. The topological polar surface area (TPSA) is 262 Å². The number of phenols is 1. The van der Waals surface area contributed by atoms with Crippen molar-refractivity contribution in [1.82, 2.24) is 10.1 Å². The molecule has 6 N–H and O–H groups in total. The van der Waals surface area contributed by atoms with Crippen LogP contribution in [0.25, 0.3) is 10.8 Å². The zero-order valence-corrected chi connectivity index (χ0v) is 26.8. The van der Waals surface area contributed by atoms with Crippen LogP contribution in [0.4, 0.5) is 28.7 Å². The lowest BCUT2D eigenvalue weighted by Crippen LogP contribution is -2.46. The summed E-state index contributed by atoms with van der Waals surface area (Å²) in [5.74, 6) is -1.34. The highest BCUT2D eigenvalue weighted by Crippen LogP contribution is 2.45. The number of aromatic nitrogens is 3. The van der Waals surface area contributed by atoms with Crippen LogP contribution in [0.15, 0.2) is 97.8 Å². The van der Waals surface area contributed by atoms with E-state index in [9.17, 15) is 44.0 Å². The fourth-order valence-electron chi connectivity index (χ4n) is 4.15. The average Bonchev–Trinajstić information content (AvgIpc) is 2.96. The first-order chi connectivity index (χ1) is 21.9. The van der Waals surface area contributed by atoms with Gasteiger partial charge < -0.3 is 10.4 Å². The summed E-state index contributed by atoms with van der Waals surface area (Å²) in [7, 11) is -15.0. The number of para-hydroxylation sites is 1. The van der Waals surface area contributed by atoms with Crippen LogP contribution in [-0.4, -0.2) is 54.1 Å². The molecule has 1 heterocycles. The predicted octanol–water partition coefficient (Wildman–Crippen LogP) is 4.70. The van der Waals surface area contributed by atoms with E-state index in [-0.39, 0.29) is 27.6 Å². The average molecular weight is 744 g/mol. The minimum absolute atomic E-state index is 0.151. The maximum atomic E-state index is 12.4. The van der Waals surface area contributed by atoms with Gasteiger partial charge in [0.15, 0.2) is 5.75 Å². The van der Waals surface area contributed by atoms with E-state index in [1.54, 1.807) is 24.3 Å². The van der Waals surface area contributed by atoms with Gasteiger partial charge in [-0.1, -0.05) is 47.5 Å². The van der Waals surface area contributed by atoms with Crippen molar-refractivity contribution in [3.8, 4) is 5.75 Å². The van der Waals surface area contributed by atoms with Gasteiger partial charge in [0.25, 0.3) is 42.5 Å². The van der Waals surface area contributed by atoms with Gasteiger partial charge in [-0.3, -0.25) is 13.7 Å². The largest absolute Gasteiger partial charge is 0.505 e. The Labute approximate surface area is 275 Å². The van der Waals surface area contributed by atoms with Crippen molar-refractivity contribution >= 4 is 93.0 Å². The Morgan fingerprint density at radius 2 is 1.43 bits per heavy atom. The molecule has 0 radical (unpaired) electrons. The minimum atomic E-state index is -5.23. The van der Waals surface area contributed by atoms with Crippen molar-refractivity contribution in [3.05, 3.63) is 83.1 Å². The third-order valence-corrected chi connectivity index (χ3v) is 9.21. The summed E-state index contributed by atoms with van der Waals surface area (Å²) in [6.45, 7) is 0. The molecule has 47 heavy (non-hydrogen) atoms. The van der Waals surface area contributed by atoms with Gasteiger partial charge in [0.1, 0.15) is 26.9 Å². The maximum absolute atomic E-state index is 12.4. The van der Waals surface area contributed by atoms with E-state index in [1.807, 2.05) is 0 Å². The van der Waals surface area contributed by atoms with Crippen molar-refractivity contribution in [2.24, 2.45) is 10.2 Å². The van der Waals surface area contributed by atoms with Gasteiger partial charge in [-0.2, -0.15) is 30.2 Å². The second-order valence-corrected chi connectivity index (χ2v) is 14.3. The molecule has 22 heteroatoms. The summed E-state index contributed by atoms with van der Waals surface area (Å²) in [6.07, 6.45) is 1.25. The summed E-state index contributed by atoms with van der Waals surface area (Å²) >= 11 is 12.3. The molecule has 0 unspecified atom stereocenters. The van der Waals surface area contributed by atoms with Crippen LogP contribution in [0.2, 0.25) is 10.2 Å². The van der Waals surface area contributed by atoms with Gasteiger partial charge >= 0.3 is 0 Å². The van der Waals surface area contributed by atoms with Crippen molar-refractivity contribution in [3.63, 3.8) is 0 Å². The summed E-state index contributed by atoms with van der Waals surface area (Å²) in [4.78, 5) is 2.52. The second-order valence-electron chi connectivity index (χ2n) is 9.28. The fraction of sp³-hybridized carbons (Fsp3) is 0. The van der Waals surface area contributed by atoms with Crippen molar-refractivity contribution in [2.75, 3.05) is 10.7 Å². The number of nitrogens with one attached hydrogen (secondary N) is 2. The number of anilines is 3. The highest BCUT2D eigenvalue weighted by molar-refractivity contribution is 7.86. The number of azo groups is 1. The first-order valence-electron chi connectivity index (χ1n) is 12.4. The number of hydrogen-bond donors (Lipinski definition) is 6. The number of rotatable bonds is 9. The van der Waals surface area contributed by atoms with Gasteiger partial charge in [0, 0.05) is 10.2 Å². The molecule has 0 bridgehead atoms. The Bertz CT molecular complexity index is 2450. The van der Waals surface area contributed by atoms with Crippen molar-refractivity contribution in [2.45, 2.75) is 14.7 Å². The molecule has 0 spiro atoms. The van der Waals surface area contributed by atoms with Crippen LogP contribution >= 0.6 is 23.2 Å². The third-order valence-electron chi connectivity index (χ3n) is 6.10. The van der Waals surface area contributed by atoms with Crippen LogP contribution in [0, 0.1) is 0 Å². The van der Waals surface area contributed by atoms with Crippen molar-refractivity contribution in [1.29, 1.82) is 0 Å². The normalized spacial score (nSPS) is 12.4. The number of aromatic hydroxyl groups is 1. The molecule has 0 fully saturated rings. The Hall–Kier alpha value is -4.54. The molecule has 1 aromatic heterocycles. The van der Waals surface area contributed by atoms with Crippen LogP contribution < -0.4 is 15.5 Å². The second kappa shape index (κ2) is 12.6. The highest BCUT2D eigenvalue weighted by atomic mass is 35.5. The summed E-state index contributed by atoms with van der Waals surface area (Å²) in [6, 6.07) is 13.6. The molecule has 0 saturated carbocycles. The molecule has 0 aliphatic rings. The van der Waals surface area contributed by atoms with E-state index >= 15 is 0 Å². The number of hydrogen-bond acceptors (Lipinski definition) is 13. The summed E-state index contributed by atoms with van der Waals surface area (Å²) < 4.78 is 102. The van der Waals surface area contributed by atoms with Crippen LogP contribution in [-0.2, 0) is 30.4 Å². The lowest BCUT2D eigenvalue weighted by molar-refractivity contribution is -0.703. The smallest absolute Gasteiger partial charge is 0.297 e. The van der Waals surface area contributed by atoms with E-state index in [0.717, 1.165) is 29.1 Å². The zero-order chi connectivity index (χ0) is 34.3. The standard InChI is InChI=1S/C25H17Cl2N7O10S3/c26-15-5-1-2-6-16(15)32-34-12-21(27)29-25(33-34)28-18-11-14(45(36,37)38)9-13-10-20(47(42,43)44)23(24(35)22(13)18)31-30-17-7-3-4-8-19(17)46(39,40)41/h1-12H,(H5-,28,29,30,32,33,35,36,37,38,39,40,41,42,43,44)/p+1. The van der Waals surface area contributed by atoms with Gasteiger partial charge in [0.2, 0.25) is 5.15 Å². The van der Waals surface area contributed by atoms with Gasteiger partial charge in [-0.25, -0.2) is 0 Å². The van der Waals surface area contributed by atoms with E-state index in [1.165, 1.54) is 18.3 Å². The molecule has 4 aromatic carbocycles. The molecule has 0 saturated heterocycles. The van der Waals surface area contributed by atoms with Crippen LogP contribution in [0.1, 0.15) is 0 Å². The molecular formula is C25H18Cl2N7O10S3+. The van der Waals surface area contributed by atoms with E-state index in [4.69, 9.17) is 23.2 Å². The third kappa shape index (κ3) is 7.55. The maximum Gasteiger partial charge on any atom is 0.297 e. The predicted molar refractivity (Wildman–Crippen MR) is 167 cm³/mol. The van der Waals surface area contributed by atoms with E-state index in [0.29, 0.717) is 16.8 Å². The monoisotopic (exact) mass is 742 g/mol. The van der Waals surface area contributed by atoms with Crippen LogP contribution in [0.3, 0.4) is 0 Å². The Morgan fingerprint density at radius 1 is 0.766 bits per heavy atom. The van der Waals surface area contributed by atoms with Gasteiger partial charge in [0.05, 0.1) is 20.7 Å². The molecule has 0 aliphatic carbocycles. The molecule has 17 nitrogen and oxygen atoms in total. The molecule has 5 aromatic rings. The minimum Gasteiger partial charge on any atom is -0.505 e.